The molecule has 7 nitrogen and oxygen atoms in total. The SMILES string of the molecule is CCOc1cc(F)c(C(F)(F)F)cc1NC(=O)Nc1ccc(-c2c[nH]c(=O)c(OCC)c2)cc1F. The number of hydrogen-bond donors (Lipinski definition) is 3. The minimum atomic E-state index is -5.01. The zero-order valence-electron chi connectivity index (χ0n) is 18.5. The van der Waals surface area contributed by atoms with E-state index < -0.39 is 40.7 Å². The molecule has 2 amide bonds. The Balaban J connectivity index is 1.82. The quantitative estimate of drug-likeness (QED) is 0.361. The van der Waals surface area contributed by atoms with Crippen molar-refractivity contribution < 1.29 is 36.2 Å². The van der Waals surface area contributed by atoms with E-state index >= 15 is 0 Å². The number of nitrogens with one attached hydrogen (secondary N) is 3. The Morgan fingerprint density at radius 3 is 2.17 bits per heavy atom. The number of H-pyrrole nitrogens is 1. The van der Waals surface area contributed by atoms with E-state index in [1.807, 2.05) is 0 Å². The molecule has 0 atom stereocenters. The molecule has 35 heavy (non-hydrogen) atoms. The molecule has 3 rings (SSSR count). The molecule has 12 heteroatoms. The van der Waals surface area contributed by atoms with E-state index in [4.69, 9.17) is 9.47 Å². The number of anilines is 2. The predicted octanol–water partition coefficient (Wildman–Crippen LogP) is 5.78. The van der Waals surface area contributed by atoms with Gasteiger partial charge in [0, 0.05) is 17.8 Å². The van der Waals surface area contributed by atoms with Crippen LogP contribution in [0.2, 0.25) is 0 Å². The molecule has 0 aliphatic carbocycles. The Morgan fingerprint density at radius 1 is 0.886 bits per heavy atom. The maximum atomic E-state index is 14.7. The number of aromatic amines is 1. The van der Waals surface area contributed by atoms with Crippen LogP contribution >= 0.6 is 0 Å². The Morgan fingerprint density at radius 2 is 1.54 bits per heavy atom. The Bertz CT molecular complexity index is 1290. The summed E-state index contributed by atoms with van der Waals surface area (Å²) in [5.74, 6) is -2.70. The Kier molecular flexibility index (Phi) is 7.62. The molecule has 0 aliphatic rings. The van der Waals surface area contributed by atoms with E-state index in [1.165, 1.54) is 31.3 Å². The summed E-state index contributed by atoms with van der Waals surface area (Å²) in [7, 11) is 0. The molecule has 3 N–H and O–H groups in total. The minimum absolute atomic E-state index is 0.00699. The van der Waals surface area contributed by atoms with Crippen molar-refractivity contribution in [3.05, 3.63) is 70.1 Å². The summed E-state index contributed by atoms with van der Waals surface area (Å²) in [6, 6.07) is 5.02. The molecule has 186 valence electrons. The summed E-state index contributed by atoms with van der Waals surface area (Å²) >= 11 is 0. The number of amides is 2. The molecule has 0 unspecified atom stereocenters. The van der Waals surface area contributed by atoms with Gasteiger partial charge in [0.1, 0.15) is 17.4 Å². The second-order valence-electron chi connectivity index (χ2n) is 7.05. The number of benzene rings is 2. The number of aromatic nitrogens is 1. The van der Waals surface area contributed by atoms with Crippen molar-refractivity contribution in [3.63, 3.8) is 0 Å². The standard InChI is InChI=1S/C23H20F5N3O4/c1-3-34-19-10-15(24)14(23(26,27)28)9-18(19)31-22(33)30-17-6-5-12(7-16(17)25)13-8-20(35-4-2)21(32)29-11-13/h5-11H,3-4H2,1-2H3,(H,29,32)(H2,30,31,33). The van der Waals surface area contributed by atoms with Gasteiger partial charge in [-0.1, -0.05) is 6.07 Å². The number of urea groups is 1. The van der Waals surface area contributed by atoms with E-state index in [0.29, 0.717) is 23.3 Å². The zero-order chi connectivity index (χ0) is 25.8. The Labute approximate surface area is 195 Å². The van der Waals surface area contributed by atoms with Gasteiger partial charge in [0.05, 0.1) is 30.2 Å². The van der Waals surface area contributed by atoms with Crippen molar-refractivity contribution in [3.8, 4) is 22.6 Å². The van der Waals surface area contributed by atoms with Gasteiger partial charge < -0.3 is 25.1 Å². The molecule has 1 aromatic heterocycles. The molecule has 0 saturated heterocycles. The molecule has 0 aliphatic heterocycles. The van der Waals surface area contributed by atoms with Gasteiger partial charge >= 0.3 is 12.2 Å². The number of ether oxygens (including phenoxy) is 2. The summed E-state index contributed by atoms with van der Waals surface area (Å²) in [6.07, 6.45) is -3.64. The van der Waals surface area contributed by atoms with Crippen LogP contribution in [-0.2, 0) is 6.18 Å². The highest BCUT2D eigenvalue weighted by Crippen LogP contribution is 2.37. The number of pyridine rings is 1. The van der Waals surface area contributed by atoms with Gasteiger partial charge in [-0.25, -0.2) is 13.6 Å². The smallest absolute Gasteiger partial charge is 0.419 e. The van der Waals surface area contributed by atoms with E-state index in [0.717, 1.165) is 6.07 Å². The van der Waals surface area contributed by atoms with E-state index in [9.17, 15) is 31.5 Å². The molecular formula is C23H20F5N3O4. The molecule has 1 heterocycles. The van der Waals surface area contributed by atoms with Crippen LogP contribution in [0.3, 0.4) is 0 Å². The third-order valence-corrected chi connectivity index (χ3v) is 4.64. The maximum absolute atomic E-state index is 14.7. The number of alkyl halides is 3. The first-order valence-corrected chi connectivity index (χ1v) is 10.3. The minimum Gasteiger partial charge on any atom is -0.492 e. The average Bonchev–Trinajstić information content (AvgIpc) is 2.78. The van der Waals surface area contributed by atoms with Crippen molar-refractivity contribution in [1.82, 2.24) is 4.98 Å². The second kappa shape index (κ2) is 10.5. The van der Waals surface area contributed by atoms with Crippen LogP contribution in [0.4, 0.5) is 38.1 Å². The van der Waals surface area contributed by atoms with E-state index in [-0.39, 0.29) is 30.4 Å². The first-order valence-electron chi connectivity index (χ1n) is 10.3. The zero-order valence-corrected chi connectivity index (χ0v) is 18.5. The van der Waals surface area contributed by atoms with Gasteiger partial charge in [-0.2, -0.15) is 13.2 Å². The third kappa shape index (κ3) is 6.08. The van der Waals surface area contributed by atoms with Gasteiger partial charge in [-0.05, 0) is 43.7 Å². The fourth-order valence-corrected chi connectivity index (χ4v) is 3.11. The van der Waals surface area contributed by atoms with Gasteiger partial charge in [0.25, 0.3) is 5.56 Å². The topological polar surface area (TPSA) is 92.5 Å². The van der Waals surface area contributed by atoms with Crippen molar-refractivity contribution in [1.29, 1.82) is 0 Å². The number of carbonyl (C=O) groups is 1. The summed E-state index contributed by atoms with van der Waals surface area (Å²) in [5, 5.41) is 4.30. The second-order valence-corrected chi connectivity index (χ2v) is 7.05. The highest BCUT2D eigenvalue weighted by molar-refractivity contribution is 6.01. The first-order chi connectivity index (χ1) is 16.5. The fraction of sp³-hybridized carbons (Fsp3) is 0.217. The van der Waals surface area contributed by atoms with Crippen LogP contribution in [0.15, 0.2) is 47.4 Å². The van der Waals surface area contributed by atoms with Crippen LogP contribution in [0.5, 0.6) is 11.5 Å². The lowest BCUT2D eigenvalue weighted by Gasteiger charge is -2.16. The molecule has 0 spiro atoms. The number of halogens is 5. The molecule has 0 fully saturated rings. The number of rotatable bonds is 7. The van der Waals surface area contributed by atoms with Crippen LogP contribution in [0, 0.1) is 11.6 Å². The predicted molar refractivity (Wildman–Crippen MR) is 119 cm³/mol. The molecule has 0 radical (unpaired) electrons. The molecule has 2 aromatic carbocycles. The summed E-state index contributed by atoms with van der Waals surface area (Å²) in [6.45, 7) is 3.47. The van der Waals surface area contributed by atoms with Crippen molar-refractivity contribution >= 4 is 17.4 Å². The first kappa shape index (κ1) is 25.5. The molecular weight excluding hydrogens is 477 g/mol. The van der Waals surface area contributed by atoms with Crippen molar-refractivity contribution in [2.45, 2.75) is 20.0 Å². The highest BCUT2D eigenvalue weighted by Gasteiger charge is 2.35. The highest BCUT2D eigenvalue weighted by atomic mass is 19.4. The molecule has 0 saturated carbocycles. The lowest BCUT2D eigenvalue weighted by Crippen LogP contribution is -2.21. The molecule has 0 bridgehead atoms. The summed E-state index contributed by atoms with van der Waals surface area (Å²) < 4.78 is 78.0. The largest absolute Gasteiger partial charge is 0.492 e. The van der Waals surface area contributed by atoms with Crippen molar-refractivity contribution in [2.75, 3.05) is 23.8 Å². The van der Waals surface area contributed by atoms with E-state index in [1.54, 1.807) is 6.92 Å². The van der Waals surface area contributed by atoms with Crippen LogP contribution in [0.1, 0.15) is 19.4 Å². The van der Waals surface area contributed by atoms with Crippen molar-refractivity contribution in [2.24, 2.45) is 0 Å². The van der Waals surface area contributed by atoms with Gasteiger partial charge in [0.2, 0.25) is 0 Å². The van der Waals surface area contributed by atoms with Gasteiger partial charge in [-0.15, -0.1) is 0 Å². The lowest BCUT2D eigenvalue weighted by atomic mass is 10.1. The fourth-order valence-electron chi connectivity index (χ4n) is 3.11. The molecule has 3 aromatic rings. The summed E-state index contributed by atoms with van der Waals surface area (Å²) in [5.41, 5.74) is -1.98. The van der Waals surface area contributed by atoms with Crippen LogP contribution in [-0.4, -0.2) is 24.2 Å². The average molecular weight is 497 g/mol. The van der Waals surface area contributed by atoms with Gasteiger partial charge in [0.15, 0.2) is 5.75 Å². The monoisotopic (exact) mass is 497 g/mol. The Hall–Kier alpha value is -4.09. The van der Waals surface area contributed by atoms with E-state index in [2.05, 4.69) is 15.6 Å². The third-order valence-electron chi connectivity index (χ3n) is 4.64. The number of hydrogen-bond acceptors (Lipinski definition) is 4. The normalized spacial score (nSPS) is 11.2. The lowest BCUT2D eigenvalue weighted by molar-refractivity contribution is -0.139. The number of carbonyl (C=O) groups excluding carboxylic acids is 1. The van der Waals surface area contributed by atoms with Gasteiger partial charge in [-0.3, -0.25) is 4.79 Å². The van der Waals surface area contributed by atoms with Crippen LogP contribution < -0.4 is 25.7 Å². The van der Waals surface area contributed by atoms with Crippen LogP contribution in [0.25, 0.3) is 11.1 Å². The maximum Gasteiger partial charge on any atom is 0.419 e. The summed E-state index contributed by atoms with van der Waals surface area (Å²) in [4.78, 5) is 26.6.